The van der Waals surface area contributed by atoms with Crippen molar-refractivity contribution in [3.05, 3.63) is 50.7 Å². The van der Waals surface area contributed by atoms with Crippen LogP contribution in [0.4, 0.5) is 5.69 Å². The zero-order valence-electron chi connectivity index (χ0n) is 13.7. The Balaban J connectivity index is 1.50. The number of carbonyl (C=O) groups excluding carboxylic acids is 1. The van der Waals surface area contributed by atoms with Gasteiger partial charge in [-0.2, -0.15) is 5.26 Å². The Morgan fingerprint density at radius 2 is 2.24 bits per heavy atom. The van der Waals surface area contributed by atoms with Gasteiger partial charge in [-0.15, -0.1) is 11.3 Å². The maximum atomic E-state index is 12.6. The Morgan fingerprint density at radius 3 is 3.00 bits per heavy atom. The largest absolute Gasteiger partial charge is 0.320 e. The summed E-state index contributed by atoms with van der Waals surface area (Å²) in [5.41, 5.74) is 2.38. The molecule has 1 aromatic heterocycles. The van der Waals surface area contributed by atoms with E-state index in [0.717, 1.165) is 13.0 Å². The van der Waals surface area contributed by atoms with E-state index in [0.29, 0.717) is 34.8 Å². The van der Waals surface area contributed by atoms with Gasteiger partial charge in [-0.3, -0.25) is 4.79 Å². The van der Waals surface area contributed by atoms with Crippen LogP contribution in [0.5, 0.6) is 0 Å². The van der Waals surface area contributed by atoms with E-state index in [-0.39, 0.29) is 5.91 Å². The molecule has 1 unspecified atom stereocenters. The van der Waals surface area contributed by atoms with Gasteiger partial charge in [0.25, 0.3) is 5.91 Å². The number of benzene rings is 1. The first-order valence-electron chi connectivity index (χ1n) is 8.56. The van der Waals surface area contributed by atoms with Crippen LogP contribution in [0.1, 0.15) is 34.9 Å². The number of hydrogen-bond acceptors (Lipinski definition) is 3. The van der Waals surface area contributed by atoms with E-state index in [2.05, 4.69) is 22.8 Å². The third-order valence-electron chi connectivity index (χ3n) is 5.09. The molecule has 2 N–H and O–H groups in total. The predicted molar refractivity (Wildman–Crippen MR) is 99.0 cm³/mol. The molecule has 128 valence electrons. The molecule has 2 atom stereocenters. The number of thiophene rings is 1. The predicted octanol–water partition coefficient (Wildman–Crippen LogP) is 2.80. The first kappa shape index (κ1) is 16.6. The Morgan fingerprint density at radius 1 is 1.40 bits per heavy atom. The van der Waals surface area contributed by atoms with Crippen LogP contribution >= 0.6 is 22.9 Å². The molecule has 1 amide bonds. The summed E-state index contributed by atoms with van der Waals surface area (Å²) in [7, 11) is 0. The molecule has 1 fully saturated rings. The highest BCUT2D eigenvalue weighted by molar-refractivity contribution is 7.10. The lowest BCUT2D eigenvalue weighted by Gasteiger charge is -2.32. The van der Waals surface area contributed by atoms with Gasteiger partial charge in [-0.25, -0.2) is 0 Å². The molecule has 0 radical (unpaired) electrons. The highest BCUT2D eigenvalue weighted by atomic mass is 35.5. The number of nitrogens with zero attached hydrogens (tertiary/aromatic N) is 1. The lowest BCUT2D eigenvalue weighted by atomic mass is 9.96. The maximum absolute atomic E-state index is 12.6. The number of quaternary nitrogens is 1. The smallest absolute Gasteiger partial charge is 0.279 e. The number of rotatable bonds is 4. The number of nitriles is 1. The van der Waals surface area contributed by atoms with Gasteiger partial charge in [0, 0.05) is 27.8 Å². The van der Waals surface area contributed by atoms with E-state index < -0.39 is 0 Å². The van der Waals surface area contributed by atoms with E-state index in [1.807, 2.05) is 11.3 Å². The van der Waals surface area contributed by atoms with Crippen molar-refractivity contribution in [2.45, 2.75) is 25.3 Å². The molecule has 1 saturated carbocycles. The zero-order valence-corrected chi connectivity index (χ0v) is 15.3. The van der Waals surface area contributed by atoms with Crippen molar-refractivity contribution in [1.29, 1.82) is 5.26 Å². The van der Waals surface area contributed by atoms with Crippen molar-refractivity contribution >= 4 is 34.5 Å². The average Bonchev–Trinajstić information content (AvgIpc) is 3.31. The maximum Gasteiger partial charge on any atom is 0.279 e. The van der Waals surface area contributed by atoms with Gasteiger partial charge in [-0.05, 0) is 42.5 Å². The fourth-order valence-corrected chi connectivity index (χ4v) is 4.92. The highest BCUT2D eigenvalue weighted by Gasteiger charge is 2.43. The number of nitrogens with one attached hydrogen (secondary N) is 2. The van der Waals surface area contributed by atoms with Crippen LogP contribution in [-0.4, -0.2) is 19.0 Å². The molecule has 2 heterocycles. The Labute approximate surface area is 156 Å². The SMILES string of the molecule is N#Cc1ccc(Cl)cc1NC(=O)C[NH+]1CCc2sccc2[C@@H]1C1CC1. The summed E-state index contributed by atoms with van der Waals surface area (Å²) in [4.78, 5) is 15.4. The summed E-state index contributed by atoms with van der Waals surface area (Å²) in [6.45, 7) is 1.41. The molecule has 0 bridgehead atoms. The molecule has 4 rings (SSSR count). The lowest BCUT2D eigenvalue weighted by Crippen LogP contribution is -3.14. The first-order chi connectivity index (χ1) is 12.2. The van der Waals surface area contributed by atoms with Crippen molar-refractivity contribution in [1.82, 2.24) is 0 Å². The number of fused-ring (bicyclic) bond motifs is 1. The minimum Gasteiger partial charge on any atom is -0.320 e. The molecule has 4 nitrogen and oxygen atoms in total. The Bertz CT molecular complexity index is 853. The van der Waals surface area contributed by atoms with E-state index >= 15 is 0 Å². The summed E-state index contributed by atoms with van der Waals surface area (Å²) in [5.74, 6) is 0.649. The molecular formula is C19H19ClN3OS+. The number of amides is 1. The normalized spacial score (nSPS) is 22.1. The van der Waals surface area contributed by atoms with E-state index in [1.54, 1.807) is 18.2 Å². The number of hydrogen-bond donors (Lipinski definition) is 2. The second kappa shape index (κ2) is 6.80. The number of halogens is 1. The first-order valence-corrected chi connectivity index (χ1v) is 9.82. The van der Waals surface area contributed by atoms with Crippen LogP contribution in [0, 0.1) is 17.2 Å². The fraction of sp³-hybridized carbons (Fsp3) is 0.368. The molecule has 1 aliphatic heterocycles. The molecule has 1 aliphatic carbocycles. The van der Waals surface area contributed by atoms with Crippen molar-refractivity contribution in [3.8, 4) is 6.07 Å². The molecule has 1 aromatic carbocycles. The van der Waals surface area contributed by atoms with Gasteiger partial charge < -0.3 is 10.2 Å². The second-order valence-corrected chi connectivity index (χ2v) is 8.24. The topological polar surface area (TPSA) is 57.3 Å². The summed E-state index contributed by atoms with van der Waals surface area (Å²) >= 11 is 7.84. The van der Waals surface area contributed by atoms with Crippen LogP contribution < -0.4 is 10.2 Å². The molecule has 0 saturated heterocycles. The molecule has 6 heteroatoms. The fourth-order valence-electron chi connectivity index (χ4n) is 3.81. The standard InChI is InChI=1S/C19H18ClN3OS/c20-14-4-3-13(10-21)16(9-14)22-18(24)11-23-7-5-17-15(6-8-25-17)19(23)12-1-2-12/h3-4,6,8-9,12,19H,1-2,5,7,11H2,(H,22,24)/p+1/t19-/m0/s1. The molecular weight excluding hydrogens is 354 g/mol. The average molecular weight is 373 g/mol. The van der Waals surface area contributed by atoms with E-state index in [9.17, 15) is 10.1 Å². The van der Waals surface area contributed by atoms with Gasteiger partial charge in [0.2, 0.25) is 0 Å². The molecule has 25 heavy (non-hydrogen) atoms. The summed E-state index contributed by atoms with van der Waals surface area (Å²) in [6, 6.07) is 9.71. The van der Waals surface area contributed by atoms with Crippen molar-refractivity contribution < 1.29 is 9.69 Å². The summed E-state index contributed by atoms with van der Waals surface area (Å²) in [5, 5.41) is 14.8. The third kappa shape index (κ3) is 3.43. The Hall–Kier alpha value is -1.87. The van der Waals surface area contributed by atoms with Gasteiger partial charge in [0.15, 0.2) is 6.54 Å². The van der Waals surface area contributed by atoms with Gasteiger partial charge in [0.05, 0.1) is 17.8 Å². The van der Waals surface area contributed by atoms with E-state index in [4.69, 9.17) is 11.6 Å². The zero-order chi connectivity index (χ0) is 17.4. The van der Waals surface area contributed by atoms with Crippen LogP contribution in [0.2, 0.25) is 5.02 Å². The third-order valence-corrected chi connectivity index (χ3v) is 6.32. The Kier molecular flexibility index (Phi) is 4.51. The van der Waals surface area contributed by atoms with Crippen molar-refractivity contribution in [2.75, 3.05) is 18.4 Å². The van der Waals surface area contributed by atoms with Crippen LogP contribution in [-0.2, 0) is 11.2 Å². The number of anilines is 1. The quantitative estimate of drug-likeness (QED) is 0.867. The van der Waals surface area contributed by atoms with Gasteiger partial charge in [0.1, 0.15) is 12.1 Å². The van der Waals surface area contributed by atoms with Crippen molar-refractivity contribution in [2.24, 2.45) is 5.92 Å². The highest BCUT2D eigenvalue weighted by Crippen LogP contribution is 2.42. The molecule has 2 aromatic rings. The van der Waals surface area contributed by atoms with Gasteiger partial charge >= 0.3 is 0 Å². The minimum atomic E-state index is -0.0573. The number of carbonyl (C=O) groups is 1. The van der Waals surface area contributed by atoms with Crippen LogP contribution in [0.3, 0.4) is 0 Å². The molecule has 2 aliphatic rings. The van der Waals surface area contributed by atoms with Crippen LogP contribution in [0.15, 0.2) is 29.6 Å². The summed E-state index contributed by atoms with van der Waals surface area (Å²) < 4.78 is 0. The van der Waals surface area contributed by atoms with Gasteiger partial charge in [-0.1, -0.05) is 11.6 Å². The molecule has 0 spiro atoms. The monoisotopic (exact) mass is 372 g/mol. The minimum absolute atomic E-state index is 0.0573. The summed E-state index contributed by atoms with van der Waals surface area (Å²) in [6.07, 6.45) is 3.56. The second-order valence-electron chi connectivity index (χ2n) is 6.80. The van der Waals surface area contributed by atoms with Crippen LogP contribution in [0.25, 0.3) is 0 Å². The van der Waals surface area contributed by atoms with E-state index in [1.165, 1.54) is 28.2 Å². The lowest BCUT2D eigenvalue weighted by molar-refractivity contribution is -0.928. The van der Waals surface area contributed by atoms with Crippen molar-refractivity contribution in [3.63, 3.8) is 0 Å².